The first-order chi connectivity index (χ1) is 9.26. The summed E-state index contributed by atoms with van der Waals surface area (Å²) in [6.07, 6.45) is 3.79. The van der Waals surface area contributed by atoms with Crippen molar-refractivity contribution in [3.63, 3.8) is 0 Å². The Balaban J connectivity index is 1.82. The smallest absolute Gasteiger partial charge is 0.122 e. The summed E-state index contributed by atoms with van der Waals surface area (Å²) in [6.45, 7) is 3.61. The van der Waals surface area contributed by atoms with E-state index in [1.807, 2.05) is 12.3 Å². The van der Waals surface area contributed by atoms with E-state index in [1.54, 1.807) is 0 Å². The zero-order valence-electron chi connectivity index (χ0n) is 11.1. The number of nitrogens with two attached hydrogens (primary N) is 1. The van der Waals surface area contributed by atoms with Crippen LogP contribution < -0.4 is 10.5 Å². The van der Waals surface area contributed by atoms with Gasteiger partial charge in [0, 0.05) is 18.4 Å². The molecule has 0 aliphatic carbocycles. The monoisotopic (exact) mass is 257 g/mol. The SMILES string of the molecule is CC(CN)Cc1ncc(-c2ccc3c(c2)CCO3)[nH]1. The quantitative estimate of drug-likeness (QED) is 0.882. The molecule has 0 amide bonds. The molecule has 1 aromatic carbocycles. The third-order valence-electron chi connectivity index (χ3n) is 3.57. The summed E-state index contributed by atoms with van der Waals surface area (Å²) in [4.78, 5) is 7.81. The fourth-order valence-electron chi connectivity index (χ4n) is 2.38. The molecule has 19 heavy (non-hydrogen) atoms. The molecular weight excluding hydrogens is 238 g/mol. The molecule has 4 nitrogen and oxygen atoms in total. The number of ether oxygens (including phenoxy) is 1. The Morgan fingerprint density at radius 3 is 3.21 bits per heavy atom. The van der Waals surface area contributed by atoms with E-state index in [9.17, 15) is 0 Å². The molecule has 0 saturated heterocycles. The predicted octanol–water partition coefficient (Wildman–Crippen LogP) is 2.15. The van der Waals surface area contributed by atoms with Crippen molar-refractivity contribution in [2.45, 2.75) is 19.8 Å². The summed E-state index contributed by atoms with van der Waals surface area (Å²) < 4.78 is 5.52. The van der Waals surface area contributed by atoms with Crippen LogP contribution in [0.4, 0.5) is 0 Å². The van der Waals surface area contributed by atoms with Crippen molar-refractivity contribution in [2.24, 2.45) is 11.7 Å². The second-order valence-corrected chi connectivity index (χ2v) is 5.21. The highest BCUT2D eigenvalue weighted by Crippen LogP contribution is 2.29. The van der Waals surface area contributed by atoms with Crippen molar-refractivity contribution < 1.29 is 4.74 Å². The van der Waals surface area contributed by atoms with Crippen LogP contribution in [0.3, 0.4) is 0 Å². The Hall–Kier alpha value is -1.81. The normalized spacial score (nSPS) is 15.1. The summed E-state index contributed by atoms with van der Waals surface area (Å²) in [7, 11) is 0. The number of imidazole rings is 1. The molecule has 2 heterocycles. The number of H-pyrrole nitrogens is 1. The highest BCUT2D eigenvalue weighted by molar-refractivity contribution is 5.62. The van der Waals surface area contributed by atoms with Gasteiger partial charge in [0.1, 0.15) is 11.6 Å². The molecule has 0 fully saturated rings. The number of hydrogen-bond acceptors (Lipinski definition) is 3. The Bertz CT molecular complexity index is 577. The molecule has 1 unspecified atom stereocenters. The van der Waals surface area contributed by atoms with Gasteiger partial charge in [-0.05, 0) is 36.2 Å². The third kappa shape index (κ3) is 2.49. The molecular formula is C15H19N3O. The molecule has 0 bridgehead atoms. The average Bonchev–Trinajstić information content (AvgIpc) is 3.05. The first-order valence-electron chi connectivity index (χ1n) is 6.76. The van der Waals surface area contributed by atoms with Crippen LogP contribution in [0.15, 0.2) is 24.4 Å². The van der Waals surface area contributed by atoms with E-state index >= 15 is 0 Å². The molecule has 0 radical (unpaired) electrons. The van der Waals surface area contributed by atoms with Gasteiger partial charge in [-0.2, -0.15) is 0 Å². The molecule has 2 aromatic rings. The molecule has 4 heteroatoms. The van der Waals surface area contributed by atoms with Crippen LogP contribution in [0.25, 0.3) is 11.3 Å². The maximum atomic E-state index is 5.64. The second-order valence-electron chi connectivity index (χ2n) is 5.21. The molecule has 1 atom stereocenters. The van der Waals surface area contributed by atoms with Gasteiger partial charge < -0.3 is 15.5 Å². The van der Waals surface area contributed by atoms with Crippen LogP contribution in [0, 0.1) is 5.92 Å². The van der Waals surface area contributed by atoms with Crippen LogP contribution >= 0.6 is 0 Å². The van der Waals surface area contributed by atoms with Crippen LogP contribution in [0.2, 0.25) is 0 Å². The third-order valence-corrected chi connectivity index (χ3v) is 3.57. The maximum Gasteiger partial charge on any atom is 0.122 e. The summed E-state index contributed by atoms with van der Waals surface area (Å²) in [5.74, 6) is 2.47. The van der Waals surface area contributed by atoms with Crippen LogP contribution in [0.1, 0.15) is 18.3 Å². The lowest BCUT2D eigenvalue weighted by Gasteiger charge is -2.05. The van der Waals surface area contributed by atoms with Crippen molar-refractivity contribution >= 4 is 0 Å². The first-order valence-corrected chi connectivity index (χ1v) is 6.76. The minimum Gasteiger partial charge on any atom is -0.493 e. The molecule has 100 valence electrons. The summed E-state index contributed by atoms with van der Waals surface area (Å²) in [6, 6.07) is 6.31. The number of hydrogen-bond donors (Lipinski definition) is 2. The Labute approximate surface area is 113 Å². The molecule has 3 N–H and O–H groups in total. The lowest BCUT2D eigenvalue weighted by molar-refractivity contribution is 0.357. The largest absolute Gasteiger partial charge is 0.493 e. The second kappa shape index (κ2) is 5.05. The lowest BCUT2D eigenvalue weighted by Crippen LogP contribution is -2.13. The Morgan fingerprint density at radius 2 is 2.37 bits per heavy atom. The first kappa shape index (κ1) is 12.2. The number of aromatic nitrogens is 2. The van der Waals surface area contributed by atoms with Gasteiger partial charge in [-0.1, -0.05) is 6.92 Å². The van der Waals surface area contributed by atoms with Crippen LogP contribution in [-0.4, -0.2) is 23.1 Å². The molecule has 1 aliphatic rings. The fourth-order valence-corrected chi connectivity index (χ4v) is 2.38. The van der Waals surface area contributed by atoms with Crippen molar-refractivity contribution in [1.29, 1.82) is 0 Å². The number of benzene rings is 1. The number of nitrogens with zero attached hydrogens (tertiary/aromatic N) is 1. The standard InChI is InChI=1S/C15H19N3O/c1-10(8-16)6-15-17-9-13(18-15)11-2-3-14-12(7-11)4-5-19-14/h2-3,7,9-10H,4-6,8,16H2,1H3,(H,17,18). The van der Waals surface area contributed by atoms with E-state index in [-0.39, 0.29) is 0 Å². The number of rotatable bonds is 4. The zero-order valence-corrected chi connectivity index (χ0v) is 11.1. The minimum absolute atomic E-state index is 0.451. The molecule has 1 aromatic heterocycles. The number of nitrogens with one attached hydrogen (secondary N) is 1. The van der Waals surface area contributed by atoms with E-state index < -0.39 is 0 Å². The lowest BCUT2D eigenvalue weighted by atomic mass is 10.1. The molecule has 0 saturated carbocycles. The summed E-state index contributed by atoms with van der Waals surface area (Å²) in [5, 5.41) is 0. The molecule has 0 spiro atoms. The van der Waals surface area contributed by atoms with Gasteiger partial charge in [0.25, 0.3) is 0 Å². The zero-order chi connectivity index (χ0) is 13.2. The minimum atomic E-state index is 0.451. The van der Waals surface area contributed by atoms with E-state index in [4.69, 9.17) is 10.5 Å². The maximum absolute atomic E-state index is 5.64. The number of fused-ring (bicyclic) bond motifs is 1. The fraction of sp³-hybridized carbons (Fsp3) is 0.400. The van der Waals surface area contributed by atoms with Crippen LogP contribution in [-0.2, 0) is 12.8 Å². The van der Waals surface area contributed by atoms with Crippen molar-refractivity contribution in [2.75, 3.05) is 13.2 Å². The van der Waals surface area contributed by atoms with Crippen molar-refractivity contribution in [3.8, 4) is 17.0 Å². The van der Waals surface area contributed by atoms with Gasteiger partial charge in [0.15, 0.2) is 0 Å². The average molecular weight is 257 g/mol. The van der Waals surface area contributed by atoms with Gasteiger partial charge in [0.2, 0.25) is 0 Å². The summed E-state index contributed by atoms with van der Waals surface area (Å²) in [5.41, 5.74) is 9.16. The Morgan fingerprint density at radius 1 is 1.47 bits per heavy atom. The van der Waals surface area contributed by atoms with E-state index in [2.05, 4.69) is 29.0 Å². The van der Waals surface area contributed by atoms with E-state index in [1.165, 1.54) is 11.1 Å². The highest BCUT2D eigenvalue weighted by atomic mass is 16.5. The molecule has 1 aliphatic heterocycles. The topological polar surface area (TPSA) is 63.9 Å². The van der Waals surface area contributed by atoms with E-state index in [0.29, 0.717) is 12.5 Å². The van der Waals surface area contributed by atoms with Gasteiger partial charge in [-0.15, -0.1) is 0 Å². The Kier molecular flexibility index (Phi) is 3.25. The summed E-state index contributed by atoms with van der Waals surface area (Å²) >= 11 is 0. The predicted molar refractivity (Wildman–Crippen MR) is 75.1 cm³/mol. The van der Waals surface area contributed by atoms with E-state index in [0.717, 1.165) is 36.7 Å². The van der Waals surface area contributed by atoms with Crippen LogP contribution in [0.5, 0.6) is 5.75 Å². The van der Waals surface area contributed by atoms with Crippen molar-refractivity contribution in [1.82, 2.24) is 9.97 Å². The van der Waals surface area contributed by atoms with Gasteiger partial charge in [-0.25, -0.2) is 4.98 Å². The van der Waals surface area contributed by atoms with Crippen molar-refractivity contribution in [3.05, 3.63) is 35.8 Å². The molecule has 3 rings (SSSR count). The highest BCUT2D eigenvalue weighted by Gasteiger charge is 2.13. The van der Waals surface area contributed by atoms with Gasteiger partial charge in [-0.3, -0.25) is 0 Å². The van der Waals surface area contributed by atoms with Gasteiger partial charge in [0.05, 0.1) is 18.5 Å². The van der Waals surface area contributed by atoms with Gasteiger partial charge >= 0.3 is 0 Å². The number of aromatic amines is 1.